The molecule has 0 spiro atoms. The number of hydrogen-bond acceptors (Lipinski definition) is 6. The molecule has 0 fully saturated rings. The van der Waals surface area contributed by atoms with Crippen molar-refractivity contribution in [2.75, 3.05) is 14.2 Å². The SMILES string of the molecule is COc1cc2ncn(CC(=O)NCc3ccncc3)c(=O)c2cc1OC. The fourth-order valence-corrected chi connectivity index (χ4v) is 2.51. The van der Waals surface area contributed by atoms with E-state index in [9.17, 15) is 9.59 Å². The van der Waals surface area contributed by atoms with Gasteiger partial charge in [0.05, 0.1) is 31.4 Å². The standard InChI is InChI=1S/C18H18N4O4/c1-25-15-7-13-14(8-16(15)26-2)21-11-22(18(13)24)10-17(23)20-9-12-3-5-19-6-4-12/h3-8,11H,9-10H2,1-2H3,(H,20,23). The van der Waals surface area contributed by atoms with Crippen molar-refractivity contribution in [3.8, 4) is 11.5 Å². The summed E-state index contributed by atoms with van der Waals surface area (Å²) in [5.41, 5.74) is 1.07. The number of pyridine rings is 1. The summed E-state index contributed by atoms with van der Waals surface area (Å²) < 4.78 is 11.7. The molecule has 2 aromatic heterocycles. The number of nitrogens with one attached hydrogen (secondary N) is 1. The molecule has 0 saturated heterocycles. The lowest BCUT2D eigenvalue weighted by Gasteiger charge is -2.11. The molecule has 0 saturated carbocycles. The van der Waals surface area contributed by atoms with Gasteiger partial charge in [0, 0.05) is 25.0 Å². The fraction of sp³-hybridized carbons (Fsp3) is 0.222. The number of carbonyl (C=O) groups excluding carboxylic acids is 1. The van der Waals surface area contributed by atoms with Crippen molar-refractivity contribution in [3.63, 3.8) is 0 Å². The zero-order valence-corrected chi connectivity index (χ0v) is 14.4. The summed E-state index contributed by atoms with van der Waals surface area (Å²) in [6.45, 7) is 0.239. The predicted octanol–water partition coefficient (Wildman–Crippen LogP) is 1.13. The molecule has 0 aliphatic carbocycles. The zero-order chi connectivity index (χ0) is 18.5. The van der Waals surface area contributed by atoms with Gasteiger partial charge in [-0.2, -0.15) is 0 Å². The van der Waals surface area contributed by atoms with Gasteiger partial charge in [-0.15, -0.1) is 0 Å². The molecule has 1 amide bonds. The molecule has 0 bridgehead atoms. The number of benzene rings is 1. The molecule has 1 aromatic carbocycles. The van der Waals surface area contributed by atoms with Crippen LogP contribution in [0.2, 0.25) is 0 Å². The Morgan fingerprint density at radius 2 is 1.85 bits per heavy atom. The third-order valence-corrected chi connectivity index (χ3v) is 3.88. The second-order valence-electron chi connectivity index (χ2n) is 5.53. The van der Waals surface area contributed by atoms with Gasteiger partial charge in [0.1, 0.15) is 6.54 Å². The van der Waals surface area contributed by atoms with Crippen LogP contribution in [0.3, 0.4) is 0 Å². The van der Waals surface area contributed by atoms with E-state index < -0.39 is 0 Å². The number of aromatic nitrogens is 3. The van der Waals surface area contributed by atoms with E-state index in [0.29, 0.717) is 28.9 Å². The summed E-state index contributed by atoms with van der Waals surface area (Å²) in [7, 11) is 3.00. The largest absolute Gasteiger partial charge is 0.493 e. The minimum atomic E-state index is -0.324. The van der Waals surface area contributed by atoms with Gasteiger partial charge >= 0.3 is 0 Å². The van der Waals surface area contributed by atoms with Crippen molar-refractivity contribution in [2.45, 2.75) is 13.1 Å². The van der Waals surface area contributed by atoms with Gasteiger partial charge in [-0.05, 0) is 23.8 Å². The Labute approximate surface area is 149 Å². The molecule has 0 aliphatic rings. The van der Waals surface area contributed by atoms with E-state index in [2.05, 4.69) is 15.3 Å². The smallest absolute Gasteiger partial charge is 0.261 e. The van der Waals surface area contributed by atoms with Crippen molar-refractivity contribution < 1.29 is 14.3 Å². The van der Waals surface area contributed by atoms with Gasteiger partial charge in [-0.1, -0.05) is 0 Å². The van der Waals surface area contributed by atoms with Crippen molar-refractivity contribution in [1.82, 2.24) is 19.9 Å². The first-order valence-electron chi connectivity index (χ1n) is 7.89. The molecule has 2 heterocycles. The van der Waals surface area contributed by atoms with E-state index in [1.807, 2.05) is 12.1 Å². The number of rotatable bonds is 6. The van der Waals surface area contributed by atoms with Crippen LogP contribution in [0.4, 0.5) is 0 Å². The minimum absolute atomic E-state index is 0.124. The highest BCUT2D eigenvalue weighted by molar-refractivity contribution is 5.82. The third kappa shape index (κ3) is 3.64. The van der Waals surface area contributed by atoms with Crippen LogP contribution >= 0.6 is 0 Å². The van der Waals surface area contributed by atoms with E-state index in [0.717, 1.165) is 5.56 Å². The maximum absolute atomic E-state index is 12.6. The Kier molecular flexibility index (Phi) is 5.12. The molecule has 1 N–H and O–H groups in total. The highest BCUT2D eigenvalue weighted by Gasteiger charge is 2.12. The molecule has 0 unspecified atom stereocenters. The number of carbonyl (C=O) groups is 1. The average molecular weight is 354 g/mol. The van der Waals surface area contributed by atoms with Crippen LogP contribution in [0.25, 0.3) is 10.9 Å². The Morgan fingerprint density at radius 3 is 2.54 bits per heavy atom. The van der Waals surface area contributed by atoms with Crippen LogP contribution in [0, 0.1) is 0 Å². The summed E-state index contributed by atoms with van der Waals surface area (Å²) in [6, 6.07) is 6.81. The van der Waals surface area contributed by atoms with Crippen molar-refractivity contribution in [1.29, 1.82) is 0 Å². The third-order valence-electron chi connectivity index (χ3n) is 3.88. The Balaban J connectivity index is 1.80. The summed E-state index contributed by atoms with van der Waals surface area (Å²) in [4.78, 5) is 32.9. The number of fused-ring (bicyclic) bond motifs is 1. The maximum Gasteiger partial charge on any atom is 0.261 e. The maximum atomic E-state index is 12.6. The number of ether oxygens (including phenoxy) is 2. The number of methoxy groups -OCH3 is 2. The highest BCUT2D eigenvalue weighted by atomic mass is 16.5. The summed E-state index contributed by atoms with van der Waals surface area (Å²) in [6.07, 6.45) is 4.66. The number of nitrogens with zero attached hydrogens (tertiary/aromatic N) is 3. The molecule has 8 nitrogen and oxygen atoms in total. The molecule has 26 heavy (non-hydrogen) atoms. The zero-order valence-electron chi connectivity index (χ0n) is 14.4. The lowest BCUT2D eigenvalue weighted by atomic mass is 10.2. The van der Waals surface area contributed by atoms with Gasteiger partial charge in [-0.3, -0.25) is 19.1 Å². The molecule has 3 aromatic rings. The van der Waals surface area contributed by atoms with Crippen LogP contribution < -0.4 is 20.3 Å². The lowest BCUT2D eigenvalue weighted by Crippen LogP contribution is -2.32. The first-order valence-corrected chi connectivity index (χ1v) is 7.89. The molecule has 134 valence electrons. The summed E-state index contributed by atoms with van der Waals surface area (Å²) in [5, 5.41) is 3.12. The fourth-order valence-electron chi connectivity index (χ4n) is 2.51. The van der Waals surface area contributed by atoms with Gasteiger partial charge in [-0.25, -0.2) is 4.98 Å². The van der Waals surface area contributed by atoms with Crippen LogP contribution in [0.5, 0.6) is 11.5 Å². The summed E-state index contributed by atoms with van der Waals surface area (Å²) in [5.74, 6) is 0.629. The summed E-state index contributed by atoms with van der Waals surface area (Å²) >= 11 is 0. The Hall–Kier alpha value is -3.42. The van der Waals surface area contributed by atoms with Crippen LogP contribution in [-0.2, 0) is 17.9 Å². The van der Waals surface area contributed by atoms with Crippen molar-refractivity contribution >= 4 is 16.8 Å². The van der Waals surface area contributed by atoms with Crippen LogP contribution in [0.1, 0.15) is 5.56 Å². The van der Waals surface area contributed by atoms with Gasteiger partial charge in [0.15, 0.2) is 11.5 Å². The Morgan fingerprint density at radius 1 is 1.15 bits per heavy atom. The van der Waals surface area contributed by atoms with Gasteiger partial charge < -0.3 is 14.8 Å². The quantitative estimate of drug-likeness (QED) is 0.713. The molecule has 0 aliphatic heterocycles. The molecular weight excluding hydrogens is 336 g/mol. The molecular formula is C18H18N4O4. The predicted molar refractivity (Wildman–Crippen MR) is 95.2 cm³/mol. The van der Waals surface area contributed by atoms with Gasteiger partial charge in [0.2, 0.25) is 5.91 Å². The highest BCUT2D eigenvalue weighted by Crippen LogP contribution is 2.29. The van der Waals surface area contributed by atoms with E-state index in [1.54, 1.807) is 24.5 Å². The molecule has 8 heteroatoms. The van der Waals surface area contributed by atoms with Crippen LogP contribution in [0.15, 0.2) is 47.8 Å². The van der Waals surface area contributed by atoms with Crippen LogP contribution in [-0.4, -0.2) is 34.7 Å². The second kappa shape index (κ2) is 7.64. The first kappa shape index (κ1) is 17.4. The number of amides is 1. The Bertz CT molecular complexity index is 986. The minimum Gasteiger partial charge on any atom is -0.493 e. The van der Waals surface area contributed by atoms with E-state index in [-0.39, 0.29) is 18.0 Å². The molecule has 0 atom stereocenters. The van der Waals surface area contributed by atoms with Crippen molar-refractivity contribution in [3.05, 3.63) is 58.9 Å². The average Bonchev–Trinajstić information content (AvgIpc) is 2.68. The number of hydrogen-bond donors (Lipinski definition) is 1. The normalized spacial score (nSPS) is 10.5. The monoisotopic (exact) mass is 354 g/mol. The van der Waals surface area contributed by atoms with E-state index in [4.69, 9.17) is 9.47 Å². The topological polar surface area (TPSA) is 95.3 Å². The lowest BCUT2D eigenvalue weighted by molar-refractivity contribution is -0.121. The second-order valence-corrected chi connectivity index (χ2v) is 5.53. The molecule has 0 radical (unpaired) electrons. The van der Waals surface area contributed by atoms with E-state index in [1.165, 1.54) is 25.1 Å². The molecule has 3 rings (SSSR count). The first-order chi connectivity index (χ1) is 12.6. The van der Waals surface area contributed by atoms with Gasteiger partial charge in [0.25, 0.3) is 5.56 Å². The van der Waals surface area contributed by atoms with E-state index >= 15 is 0 Å². The van der Waals surface area contributed by atoms with Crippen molar-refractivity contribution in [2.24, 2.45) is 0 Å².